The Morgan fingerprint density at radius 2 is 2.38 bits per heavy atom. The number of nitriles is 1. The lowest BCUT2D eigenvalue weighted by Gasteiger charge is -1.98. The molecule has 2 rings (SSSR count). The summed E-state index contributed by atoms with van der Waals surface area (Å²) >= 11 is 0. The number of aryl methyl sites for hydroxylation is 1. The third kappa shape index (κ3) is 2.15. The van der Waals surface area contributed by atoms with Gasteiger partial charge in [0, 0.05) is 30.8 Å². The fourth-order valence-corrected chi connectivity index (χ4v) is 1.27. The molecule has 0 radical (unpaired) electrons. The van der Waals surface area contributed by atoms with Gasteiger partial charge in [-0.25, -0.2) is 9.67 Å². The van der Waals surface area contributed by atoms with Gasteiger partial charge in [-0.3, -0.25) is 0 Å². The van der Waals surface area contributed by atoms with E-state index in [4.69, 9.17) is 11.0 Å². The van der Waals surface area contributed by atoms with Crippen LogP contribution in [0.5, 0.6) is 0 Å². The average Bonchev–Trinajstić information content (AvgIpc) is 2.75. The Hall–Kier alpha value is -2.42. The first-order valence-electron chi connectivity index (χ1n) is 4.79. The molecule has 0 atom stereocenters. The maximum Gasteiger partial charge on any atom is 0.157 e. The molecule has 0 bridgehead atoms. The van der Waals surface area contributed by atoms with Gasteiger partial charge in [-0.2, -0.15) is 5.26 Å². The predicted octanol–water partition coefficient (Wildman–Crippen LogP) is 0.701. The molecule has 0 aliphatic heterocycles. The van der Waals surface area contributed by atoms with Gasteiger partial charge in [-0.15, -0.1) is 5.10 Å². The van der Waals surface area contributed by atoms with Crippen molar-refractivity contribution >= 4 is 5.69 Å². The summed E-state index contributed by atoms with van der Waals surface area (Å²) in [5.41, 5.74) is 7.03. The first-order valence-corrected chi connectivity index (χ1v) is 4.79. The van der Waals surface area contributed by atoms with Crippen LogP contribution in [0.1, 0.15) is 12.1 Å². The summed E-state index contributed by atoms with van der Waals surface area (Å²) < 4.78 is 1.54. The molecule has 0 saturated carbocycles. The minimum Gasteiger partial charge on any atom is -0.399 e. The van der Waals surface area contributed by atoms with Crippen LogP contribution < -0.4 is 5.73 Å². The fourth-order valence-electron chi connectivity index (χ4n) is 1.27. The Labute approximate surface area is 92.3 Å². The van der Waals surface area contributed by atoms with Crippen LogP contribution in [0.2, 0.25) is 0 Å². The number of hydrogen-bond donors (Lipinski definition) is 1. The van der Waals surface area contributed by atoms with Crippen LogP contribution in [-0.4, -0.2) is 20.0 Å². The summed E-state index contributed by atoms with van der Waals surface area (Å²) in [6.07, 6.45) is 4.39. The van der Waals surface area contributed by atoms with E-state index in [0.29, 0.717) is 24.3 Å². The Balaban J connectivity index is 2.22. The van der Waals surface area contributed by atoms with Crippen LogP contribution in [0.3, 0.4) is 0 Å². The number of nitrogen functional groups attached to an aromatic ring is 1. The molecular weight excluding hydrogens is 204 g/mol. The molecule has 0 aliphatic rings. The molecule has 6 nitrogen and oxygen atoms in total. The lowest BCUT2D eigenvalue weighted by atomic mass is 10.3. The number of hydrogen-bond acceptors (Lipinski definition) is 5. The molecule has 0 amide bonds. The van der Waals surface area contributed by atoms with E-state index >= 15 is 0 Å². The van der Waals surface area contributed by atoms with Gasteiger partial charge in [0.2, 0.25) is 0 Å². The summed E-state index contributed by atoms with van der Waals surface area (Å²) in [4.78, 5) is 4.12. The normalized spacial score (nSPS) is 9.94. The lowest BCUT2D eigenvalue weighted by molar-refractivity contribution is 0.776. The predicted molar refractivity (Wildman–Crippen MR) is 57.5 cm³/mol. The first kappa shape index (κ1) is 10.1. The number of nitrogens with zero attached hydrogens (tertiary/aromatic N) is 5. The van der Waals surface area contributed by atoms with Gasteiger partial charge in [0.25, 0.3) is 0 Å². The molecule has 2 aromatic rings. The number of anilines is 1. The van der Waals surface area contributed by atoms with Gasteiger partial charge >= 0.3 is 0 Å². The zero-order valence-corrected chi connectivity index (χ0v) is 8.54. The quantitative estimate of drug-likeness (QED) is 0.811. The van der Waals surface area contributed by atoms with Gasteiger partial charge in [-0.05, 0) is 6.07 Å². The van der Waals surface area contributed by atoms with Crippen molar-refractivity contribution in [3.63, 3.8) is 0 Å². The summed E-state index contributed by atoms with van der Waals surface area (Å²) in [5, 5.41) is 16.3. The monoisotopic (exact) mass is 214 g/mol. The molecule has 6 heteroatoms. The van der Waals surface area contributed by atoms with Crippen molar-refractivity contribution in [2.45, 2.75) is 12.8 Å². The molecule has 16 heavy (non-hydrogen) atoms. The van der Waals surface area contributed by atoms with E-state index in [1.54, 1.807) is 29.2 Å². The number of rotatable bonds is 3. The topological polar surface area (TPSA) is 93.4 Å². The highest BCUT2D eigenvalue weighted by atomic mass is 15.4. The van der Waals surface area contributed by atoms with Crippen LogP contribution in [-0.2, 0) is 6.42 Å². The van der Waals surface area contributed by atoms with Gasteiger partial charge in [0.05, 0.1) is 18.0 Å². The van der Waals surface area contributed by atoms with Crippen molar-refractivity contribution in [2.24, 2.45) is 0 Å². The van der Waals surface area contributed by atoms with Gasteiger partial charge in [0.15, 0.2) is 5.82 Å². The maximum atomic E-state index is 8.45. The van der Waals surface area contributed by atoms with E-state index in [0.717, 1.165) is 5.69 Å². The summed E-state index contributed by atoms with van der Waals surface area (Å²) in [5.74, 6) is 0.621. The van der Waals surface area contributed by atoms with Gasteiger partial charge in [-0.1, -0.05) is 5.21 Å². The van der Waals surface area contributed by atoms with Gasteiger partial charge < -0.3 is 5.73 Å². The fraction of sp³-hybridized carbons (Fsp3) is 0.200. The minimum atomic E-state index is 0.434. The molecule has 0 aliphatic carbocycles. The smallest absolute Gasteiger partial charge is 0.157 e. The second-order valence-electron chi connectivity index (χ2n) is 3.26. The highest BCUT2D eigenvalue weighted by Gasteiger charge is 2.03. The zero-order valence-electron chi connectivity index (χ0n) is 8.54. The summed E-state index contributed by atoms with van der Waals surface area (Å²) in [6.45, 7) is 0. The molecule has 0 saturated heterocycles. The number of nitrogens with two attached hydrogens (primary N) is 1. The van der Waals surface area contributed by atoms with Crippen LogP contribution in [0, 0.1) is 11.3 Å². The highest BCUT2D eigenvalue weighted by molar-refractivity contribution is 5.42. The standard InChI is InChI=1S/C10H10N6/c11-4-1-2-9-7-16(15-14-9)10-6-8(12)3-5-13-10/h3,5-7H,1-2H2,(H2,12,13). The van der Waals surface area contributed by atoms with Crippen molar-refractivity contribution in [3.05, 3.63) is 30.2 Å². The molecule has 80 valence electrons. The molecule has 2 N–H and O–H groups in total. The van der Waals surface area contributed by atoms with Crippen LogP contribution >= 0.6 is 0 Å². The lowest BCUT2D eigenvalue weighted by Crippen LogP contribution is -1.99. The molecule has 0 spiro atoms. The molecular formula is C10H10N6. The Morgan fingerprint density at radius 3 is 3.12 bits per heavy atom. The van der Waals surface area contributed by atoms with E-state index in [9.17, 15) is 0 Å². The van der Waals surface area contributed by atoms with Gasteiger partial charge in [0.1, 0.15) is 0 Å². The molecule has 0 unspecified atom stereocenters. The second-order valence-corrected chi connectivity index (χ2v) is 3.26. The average molecular weight is 214 g/mol. The second kappa shape index (κ2) is 4.40. The number of pyridine rings is 1. The van der Waals surface area contributed by atoms with Crippen LogP contribution in [0.15, 0.2) is 24.5 Å². The number of aromatic nitrogens is 4. The molecule has 0 aromatic carbocycles. The van der Waals surface area contributed by atoms with Crippen molar-refractivity contribution in [1.82, 2.24) is 20.0 Å². The Bertz CT molecular complexity index is 524. The van der Waals surface area contributed by atoms with Crippen molar-refractivity contribution < 1.29 is 0 Å². The third-order valence-electron chi connectivity index (χ3n) is 2.04. The molecule has 0 fully saturated rings. The summed E-state index contributed by atoms with van der Waals surface area (Å²) in [7, 11) is 0. The van der Waals surface area contributed by atoms with Crippen molar-refractivity contribution in [3.8, 4) is 11.9 Å². The third-order valence-corrected chi connectivity index (χ3v) is 2.04. The molecule has 2 aromatic heterocycles. The zero-order chi connectivity index (χ0) is 11.4. The van der Waals surface area contributed by atoms with E-state index in [1.165, 1.54) is 0 Å². The van der Waals surface area contributed by atoms with Crippen LogP contribution in [0.4, 0.5) is 5.69 Å². The van der Waals surface area contributed by atoms with Crippen LogP contribution in [0.25, 0.3) is 5.82 Å². The van der Waals surface area contributed by atoms with E-state index in [2.05, 4.69) is 21.4 Å². The Kier molecular flexibility index (Phi) is 2.78. The summed E-state index contributed by atoms with van der Waals surface area (Å²) in [6, 6.07) is 5.48. The van der Waals surface area contributed by atoms with E-state index in [-0.39, 0.29) is 0 Å². The van der Waals surface area contributed by atoms with E-state index < -0.39 is 0 Å². The molecule has 2 heterocycles. The van der Waals surface area contributed by atoms with E-state index in [1.807, 2.05) is 0 Å². The van der Waals surface area contributed by atoms with Crippen molar-refractivity contribution in [1.29, 1.82) is 5.26 Å². The van der Waals surface area contributed by atoms with Crippen molar-refractivity contribution in [2.75, 3.05) is 5.73 Å². The maximum absolute atomic E-state index is 8.45. The SMILES string of the molecule is N#CCCc1cn(-c2cc(N)ccn2)nn1. The minimum absolute atomic E-state index is 0.434. The Morgan fingerprint density at radius 1 is 1.50 bits per heavy atom. The first-order chi connectivity index (χ1) is 7.79. The largest absolute Gasteiger partial charge is 0.399 e. The highest BCUT2D eigenvalue weighted by Crippen LogP contribution is 2.08.